The number of rotatable bonds is 3. The molecule has 0 aliphatic heterocycles. The molecular formula is C16H19N3O. The maximum Gasteiger partial charge on any atom is 0.119 e. The minimum atomic E-state index is 0.236. The van der Waals surface area contributed by atoms with E-state index in [1.54, 1.807) is 12.3 Å². The van der Waals surface area contributed by atoms with Crippen molar-refractivity contribution < 1.29 is 5.11 Å². The molecule has 3 rings (SSSR count). The van der Waals surface area contributed by atoms with Crippen LogP contribution in [0.1, 0.15) is 23.6 Å². The number of pyridine rings is 1. The zero-order valence-electron chi connectivity index (χ0n) is 11.8. The van der Waals surface area contributed by atoms with Crippen LogP contribution in [0, 0.1) is 0 Å². The van der Waals surface area contributed by atoms with Crippen LogP contribution in [0.3, 0.4) is 0 Å². The molecule has 104 valence electrons. The second-order valence-electron chi connectivity index (χ2n) is 5.37. The van der Waals surface area contributed by atoms with Gasteiger partial charge in [0.25, 0.3) is 0 Å². The molecule has 2 aromatic rings. The zero-order chi connectivity index (χ0) is 14.1. The SMILES string of the molecule is CN(C)c1ccncc1NC1CCc2c(O)cccc21. The maximum atomic E-state index is 9.91. The van der Waals surface area contributed by atoms with E-state index in [0.29, 0.717) is 5.75 Å². The van der Waals surface area contributed by atoms with Crippen LogP contribution >= 0.6 is 0 Å². The molecular weight excluding hydrogens is 250 g/mol. The molecule has 0 saturated heterocycles. The van der Waals surface area contributed by atoms with E-state index in [0.717, 1.165) is 29.8 Å². The van der Waals surface area contributed by atoms with E-state index >= 15 is 0 Å². The number of hydrogen-bond acceptors (Lipinski definition) is 4. The van der Waals surface area contributed by atoms with Crippen molar-refractivity contribution in [2.24, 2.45) is 0 Å². The van der Waals surface area contributed by atoms with Crippen LogP contribution in [0.5, 0.6) is 5.75 Å². The van der Waals surface area contributed by atoms with Crippen LogP contribution < -0.4 is 10.2 Å². The standard InChI is InChI=1S/C16H19N3O/c1-19(2)15-8-9-17-10-14(15)18-13-7-6-12-11(13)4-3-5-16(12)20/h3-5,8-10,13,18,20H,6-7H2,1-2H3. The van der Waals surface area contributed by atoms with Crippen LogP contribution in [0.2, 0.25) is 0 Å². The van der Waals surface area contributed by atoms with Gasteiger partial charge in [0, 0.05) is 20.3 Å². The van der Waals surface area contributed by atoms with Gasteiger partial charge < -0.3 is 15.3 Å². The van der Waals surface area contributed by atoms with Gasteiger partial charge in [-0.05, 0) is 36.1 Å². The van der Waals surface area contributed by atoms with Crippen molar-refractivity contribution in [3.63, 3.8) is 0 Å². The average Bonchev–Trinajstić information content (AvgIpc) is 2.84. The Hall–Kier alpha value is -2.23. The molecule has 1 aliphatic carbocycles. The molecule has 1 unspecified atom stereocenters. The topological polar surface area (TPSA) is 48.4 Å². The number of benzene rings is 1. The Morgan fingerprint density at radius 3 is 2.95 bits per heavy atom. The normalized spacial score (nSPS) is 16.8. The highest BCUT2D eigenvalue weighted by Gasteiger charge is 2.25. The van der Waals surface area contributed by atoms with E-state index in [2.05, 4.69) is 21.3 Å². The highest BCUT2D eigenvalue weighted by Crippen LogP contribution is 2.39. The van der Waals surface area contributed by atoms with E-state index in [-0.39, 0.29) is 6.04 Å². The Kier molecular flexibility index (Phi) is 3.22. The van der Waals surface area contributed by atoms with Gasteiger partial charge in [0.1, 0.15) is 5.75 Å². The van der Waals surface area contributed by atoms with Crippen molar-refractivity contribution in [2.75, 3.05) is 24.3 Å². The molecule has 4 heteroatoms. The lowest BCUT2D eigenvalue weighted by Gasteiger charge is -2.21. The minimum Gasteiger partial charge on any atom is -0.508 e. The maximum absolute atomic E-state index is 9.91. The second kappa shape index (κ2) is 5.04. The molecule has 1 atom stereocenters. The summed E-state index contributed by atoms with van der Waals surface area (Å²) >= 11 is 0. The third-order valence-electron chi connectivity index (χ3n) is 3.86. The van der Waals surface area contributed by atoms with E-state index < -0.39 is 0 Å². The van der Waals surface area contributed by atoms with Crippen LogP contribution in [0.4, 0.5) is 11.4 Å². The number of phenols is 1. The van der Waals surface area contributed by atoms with E-state index in [1.165, 1.54) is 5.56 Å². The predicted molar refractivity (Wildman–Crippen MR) is 81.4 cm³/mol. The van der Waals surface area contributed by atoms with Crippen LogP contribution in [-0.4, -0.2) is 24.2 Å². The van der Waals surface area contributed by atoms with E-state index in [9.17, 15) is 5.11 Å². The van der Waals surface area contributed by atoms with E-state index in [4.69, 9.17) is 0 Å². The summed E-state index contributed by atoms with van der Waals surface area (Å²) in [6.07, 6.45) is 5.57. The van der Waals surface area contributed by atoms with Gasteiger partial charge >= 0.3 is 0 Å². The van der Waals surface area contributed by atoms with Gasteiger partial charge in [0.15, 0.2) is 0 Å². The number of aromatic hydroxyl groups is 1. The first kappa shape index (κ1) is 12.8. The number of phenolic OH excluding ortho intramolecular Hbond substituents is 1. The zero-order valence-corrected chi connectivity index (χ0v) is 11.8. The molecule has 0 spiro atoms. The molecule has 0 fully saturated rings. The summed E-state index contributed by atoms with van der Waals surface area (Å²) < 4.78 is 0. The van der Waals surface area contributed by atoms with Gasteiger partial charge in [-0.15, -0.1) is 0 Å². The third-order valence-corrected chi connectivity index (χ3v) is 3.86. The number of hydrogen-bond donors (Lipinski definition) is 2. The largest absolute Gasteiger partial charge is 0.508 e. The van der Waals surface area contributed by atoms with Crippen LogP contribution in [0.25, 0.3) is 0 Å². The van der Waals surface area contributed by atoms with Gasteiger partial charge in [0.2, 0.25) is 0 Å². The highest BCUT2D eigenvalue weighted by atomic mass is 16.3. The summed E-state index contributed by atoms with van der Waals surface area (Å²) in [6.45, 7) is 0. The first-order valence-corrected chi connectivity index (χ1v) is 6.85. The second-order valence-corrected chi connectivity index (χ2v) is 5.37. The van der Waals surface area contributed by atoms with Gasteiger partial charge in [-0.2, -0.15) is 0 Å². The molecule has 1 heterocycles. The monoisotopic (exact) mass is 269 g/mol. The summed E-state index contributed by atoms with van der Waals surface area (Å²) in [5.74, 6) is 0.408. The average molecular weight is 269 g/mol. The molecule has 20 heavy (non-hydrogen) atoms. The highest BCUT2D eigenvalue weighted by molar-refractivity contribution is 5.69. The van der Waals surface area contributed by atoms with Crippen molar-refractivity contribution in [1.29, 1.82) is 0 Å². The number of nitrogens with one attached hydrogen (secondary N) is 1. The Morgan fingerprint density at radius 2 is 2.15 bits per heavy atom. The molecule has 4 nitrogen and oxygen atoms in total. The lowest BCUT2D eigenvalue weighted by molar-refractivity contribution is 0.469. The molecule has 0 radical (unpaired) electrons. The first-order valence-electron chi connectivity index (χ1n) is 6.85. The predicted octanol–water partition coefficient (Wildman–Crippen LogP) is 2.95. The quantitative estimate of drug-likeness (QED) is 0.899. The fourth-order valence-corrected chi connectivity index (χ4v) is 2.86. The molecule has 2 N–H and O–H groups in total. The van der Waals surface area contributed by atoms with Gasteiger partial charge in [-0.25, -0.2) is 0 Å². The number of aromatic nitrogens is 1. The molecule has 1 aromatic heterocycles. The summed E-state index contributed by atoms with van der Waals surface area (Å²) in [5, 5.41) is 13.5. The Balaban J connectivity index is 1.90. The first-order chi connectivity index (χ1) is 9.66. The van der Waals surface area contributed by atoms with Crippen LogP contribution in [-0.2, 0) is 6.42 Å². The van der Waals surface area contributed by atoms with Crippen molar-refractivity contribution in [1.82, 2.24) is 4.98 Å². The Bertz CT molecular complexity index is 625. The minimum absolute atomic E-state index is 0.236. The smallest absolute Gasteiger partial charge is 0.119 e. The molecule has 0 bridgehead atoms. The number of fused-ring (bicyclic) bond motifs is 1. The lowest BCUT2D eigenvalue weighted by Crippen LogP contribution is -2.14. The van der Waals surface area contributed by atoms with Crippen molar-refractivity contribution in [2.45, 2.75) is 18.9 Å². The van der Waals surface area contributed by atoms with Crippen molar-refractivity contribution in [3.05, 3.63) is 47.8 Å². The number of anilines is 2. The van der Waals surface area contributed by atoms with Gasteiger partial charge in [-0.3, -0.25) is 4.98 Å². The summed E-state index contributed by atoms with van der Waals surface area (Å²) in [5.41, 5.74) is 4.41. The molecule has 1 aromatic carbocycles. The Labute approximate surface area is 119 Å². The fraction of sp³-hybridized carbons (Fsp3) is 0.312. The third kappa shape index (κ3) is 2.18. The molecule has 0 amide bonds. The van der Waals surface area contributed by atoms with Crippen molar-refractivity contribution in [3.8, 4) is 5.75 Å². The summed E-state index contributed by atoms with van der Waals surface area (Å²) in [4.78, 5) is 6.28. The van der Waals surface area contributed by atoms with E-state index in [1.807, 2.05) is 32.4 Å². The van der Waals surface area contributed by atoms with Gasteiger partial charge in [0.05, 0.1) is 23.6 Å². The van der Waals surface area contributed by atoms with Crippen LogP contribution in [0.15, 0.2) is 36.7 Å². The number of nitrogens with zero attached hydrogens (tertiary/aromatic N) is 2. The van der Waals surface area contributed by atoms with Crippen molar-refractivity contribution >= 4 is 11.4 Å². The lowest BCUT2D eigenvalue weighted by atomic mass is 10.1. The molecule has 1 aliphatic rings. The Morgan fingerprint density at radius 1 is 1.30 bits per heavy atom. The fourth-order valence-electron chi connectivity index (χ4n) is 2.86. The summed E-state index contributed by atoms with van der Waals surface area (Å²) in [7, 11) is 4.05. The van der Waals surface area contributed by atoms with Gasteiger partial charge in [-0.1, -0.05) is 12.1 Å². The summed E-state index contributed by atoms with van der Waals surface area (Å²) in [6, 6.07) is 7.99. The molecule has 0 saturated carbocycles.